The summed E-state index contributed by atoms with van der Waals surface area (Å²) in [6.45, 7) is 4.32. The van der Waals surface area contributed by atoms with Gasteiger partial charge in [0, 0.05) is 55.1 Å². The molecular weight excluding hydrogens is 709 g/mol. The van der Waals surface area contributed by atoms with E-state index >= 15 is 0 Å². The zero-order valence-electron chi connectivity index (χ0n) is 32.0. The number of rotatable bonds is 6. The van der Waals surface area contributed by atoms with Crippen molar-refractivity contribution >= 4 is 110 Å². The molecular formula is C54H36N2O2. The first-order valence-corrected chi connectivity index (χ1v) is 19.8. The zero-order chi connectivity index (χ0) is 38.5. The molecule has 0 N–H and O–H groups in total. The zero-order valence-corrected chi connectivity index (χ0v) is 32.0. The van der Waals surface area contributed by atoms with Crippen molar-refractivity contribution in [2.45, 2.75) is 13.8 Å². The molecule has 0 aliphatic rings. The minimum Gasteiger partial charge on any atom is -0.456 e. The van der Waals surface area contributed by atoms with Crippen LogP contribution in [0.5, 0.6) is 0 Å². The second-order valence-electron chi connectivity index (χ2n) is 15.5. The predicted octanol–water partition coefficient (Wildman–Crippen LogP) is 15.9. The first-order chi connectivity index (χ1) is 28.6. The average Bonchev–Trinajstić information content (AvgIpc) is 3.82. The van der Waals surface area contributed by atoms with Crippen molar-refractivity contribution in [1.29, 1.82) is 0 Å². The summed E-state index contributed by atoms with van der Waals surface area (Å²) in [5.74, 6) is 0. The van der Waals surface area contributed by atoms with Gasteiger partial charge in [0.05, 0.1) is 11.4 Å². The molecule has 0 bridgehead atoms. The largest absolute Gasteiger partial charge is 0.456 e. The third-order valence-corrected chi connectivity index (χ3v) is 11.9. The molecule has 0 fully saturated rings. The molecule has 0 aliphatic carbocycles. The van der Waals surface area contributed by atoms with E-state index in [1.165, 1.54) is 43.4 Å². The smallest absolute Gasteiger partial charge is 0.135 e. The Morgan fingerprint density at radius 3 is 1.19 bits per heavy atom. The molecule has 58 heavy (non-hydrogen) atoms. The number of nitrogens with zero attached hydrogens (tertiary/aromatic N) is 2. The number of benzene rings is 10. The van der Waals surface area contributed by atoms with Crippen LogP contribution in [-0.2, 0) is 0 Å². The lowest BCUT2D eigenvalue weighted by Crippen LogP contribution is -2.11. The molecule has 0 radical (unpaired) electrons. The van der Waals surface area contributed by atoms with E-state index in [4.69, 9.17) is 8.83 Å². The van der Waals surface area contributed by atoms with Gasteiger partial charge in [0.1, 0.15) is 22.3 Å². The fourth-order valence-corrected chi connectivity index (χ4v) is 9.26. The van der Waals surface area contributed by atoms with E-state index in [2.05, 4.69) is 181 Å². The van der Waals surface area contributed by atoms with E-state index in [0.717, 1.165) is 78.0 Å². The monoisotopic (exact) mass is 744 g/mol. The van der Waals surface area contributed by atoms with Gasteiger partial charge in [-0.15, -0.1) is 0 Å². The van der Waals surface area contributed by atoms with Crippen LogP contribution in [0.4, 0.5) is 34.1 Å². The number of hydrogen-bond acceptors (Lipinski definition) is 4. The highest BCUT2D eigenvalue weighted by Crippen LogP contribution is 2.48. The number of fused-ring (bicyclic) bond motifs is 6. The van der Waals surface area contributed by atoms with E-state index in [0.29, 0.717) is 0 Å². The fourth-order valence-electron chi connectivity index (χ4n) is 9.26. The molecule has 0 saturated heterocycles. The summed E-state index contributed by atoms with van der Waals surface area (Å²) < 4.78 is 12.5. The Morgan fingerprint density at radius 2 is 0.724 bits per heavy atom. The summed E-state index contributed by atoms with van der Waals surface area (Å²) in [4.78, 5) is 4.81. The van der Waals surface area contributed by atoms with Gasteiger partial charge >= 0.3 is 0 Å². The molecule has 4 nitrogen and oxygen atoms in total. The standard InChI is InChI=1S/C54H36N2O2/c1-33-9-7-11-37(29-33)55(39-21-27-51-45(31-39)41-13-3-5-15-49(41)57-51)47-25-19-35-18-24-44-48(26-20-36-17-23-43(47)53(35)54(36)44)56(38-12-8-10-34(2)30-38)40-22-28-52-46(32-40)42-14-4-6-16-50(42)58-52/h3-32H,1-2H3. The summed E-state index contributed by atoms with van der Waals surface area (Å²) >= 11 is 0. The van der Waals surface area contributed by atoms with Crippen molar-refractivity contribution in [2.24, 2.45) is 0 Å². The lowest BCUT2D eigenvalue weighted by atomic mass is 9.91. The van der Waals surface area contributed by atoms with Crippen molar-refractivity contribution in [3.8, 4) is 0 Å². The lowest BCUT2D eigenvalue weighted by Gasteiger charge is -2.29. The van der Waals surface area contributed by atoms with Crippen LogP contribution < -0.4 is 9.80 Å². The van der Waals surface area contributed by atoms with E-state index in [9.17, 15) is 0 Å². The molecule has 0 atom stereocenters. The molecule has 2 aromatic heterocycles. The normalized spacial score (nSPS) is 12.0. The second-order valence-corrected chi connectivity index (χ2v) is 15.5. The quantitative estimate of drug-likeness (QED) is 0.159. The number of para-hydroxylation sites is 2. The van der Waals surface area contributed by atoms with Crippen LogP contribution in [0.25, 0.3) is 76.2 Å². The summed E-state index contributed by atoms with van der Waals surface area (Å²) in [6.07, 6.45) is 0. The Labute approximate surface area is 334 Å². The van der Waals surface area contributed by atoms with Crippen molar-refractivity contribution in [3.63, 3.8) is 0 Å². The van der Waals surface area contributed by atoms with Crippen LogP contribution in [0, 0.1) is 13.8 Å². The topological polar surface area (TPSA) is 32.8 Å². The fraction of sp³-hybridized carbons (Fsp3) is 0.0370. The maximum Gasteiger partial charge on any atom is 0.135 e. The molecule has 0 amide bonds. The van der Waals surface area contributed by atoms with Crippen molar-refractivity contribution in [2.75, 3.05) is 9.80 Å². The van der Waals surface area contributed by atoms with E-state index in [1.54, 1.807) is 0 Å². The van der Waals surface area contributed by atoms with Crippen LogP contribution in [0.15, 0.2) is 191 Å². The summed E-state index contributed by atoms with van der Waals surface area (Å²) in [7, 11) is 0. The first-order valence-electron chi connectivity index (χ1n) is 19.8. The molecule has 0 unspecified atom stereocenters. The molecule has 274 valence electrons. The lowest BCUT2D eigenvalue weighted by molar-refractivity contribution is 0.668. The molecule has 0 spiro atoms. The molecule has 12 rings (SSSR count). The highest BCUT2D eigenvalue weighted by Gasteiger charge is 2.23. The van der Waals surface area contributed by atoms with Crippen molar-refractivity contribution in [1.82, 2.24) is 0 Å². The highest BCUT2D eigenvalue weighted by molar-refractivity contribution is 6.28. The molecule has 0 saturated carbocycles. The summed E-state index contributed by atoms with van der Waals surface area (Å²) in [5, 5.41) is 11.8. The van der Waals surface area contributed by atoms with Gasteiger partial charge in [-0.1, -0.05) is 97.1 Å². The highest BCUT2D eigenvalue weighted by atomic mass is 16.3. The molecule has 4 heteroatoms. The third-order valence-electron chi connectivity index (χ3n) is 11.9. The SMILES string of the molecule is Cc1cccc(N(c2ccc3oc4ccccc4c3c2)c2ccc3ccc4c(N(c5cccc(C)c5)c5ccc6oc7ccccc7c6c5)ccc5ccc2c3c54)c1. The summed E-state index contributed by atoms with van der Waals surface area (Å²) in [5.41, 5.74) is 12.6. The van der Waals surface area contributed by atoms with Gasteiger partial charge in [-0.05, 0) is 131 Å². The Morgan fingerprint density at radius 1 is 0.310 bits per heavy atom. The first kappa shape index (κ1) is 32.7. The van der Waals surface area contributed by atoms with Crippen LogP contribution in [0.2, 0.25) is 0 Å². The van der Waals surface area contributed by atoms with Crippen molar-refractivity contribution < 1.29 is 8.83 Å². The minimum absolute atomic E-state index is 0.885. The van der Waals surface area contributed by atoms with Gasteiger partial charge < -0.3 is 18.6 Å². The number of hydrogen-bond donors (Lipinski definition) is 0. The Balaban J connectivity index is 1.11. The van der Waals surface area contributed by atoms with Gasteiger partial charge in [0.25, 0.3) is 0 Å². The van der Waals surface area contributed by atoms with Gasteiger partial charge in [-0.25, -0.2) is 0 Å². The van der Waals surface area contributed by atoms with Gasteiger partial charge in [0.15, 0.2) is 0 Å². The Kier molecular flexibility index (Phi) is 7.02. The predicted molar refractivity (Wildman–Crippen MR) is 244 cm³/mol. The van der Waals surface area contributed by atoms with Crippen LogP contribution in [0.1, 0.15) is 11.1 Å². The van der Waals surface area contributed by atoms with E-state index < -0.39 is 0 Å². The Bertz CT molecular complexity index is 3340. The van der Waals surface area contributed by atoms with Gasteiger partial charge in [-0.3, -0.25) is 0 Å². The van der Waals surface area contributed by atoms with Gasteiger partial charge in [-0.2, -0.15) is 0 Å². The van der Waals surface area contributed by atoms with E-state index in [-0.39, 0.29) is 0 Å². The molecule has 12 aromatic rings. The maximum atomic E-state index is 6.27. The maximum absolute atomic E-state index is 6.27. The number of aryl methyl sites for hydroxylation is 2. The number of furan rings is 2. The molecule has 10 aromatic carbocycles. The van der Waals surface area contributed by atoms with Crippen LogP contribution in [0.3, 0.4) is 0 Å². The van der Waals surface area contributed by atoms with Crippen molar-refractivity contribution in [3.05, 3.63) is 193 Å². The second kappa shape index (κ2) is 12.5. The molecule has 0 aliphatic heterocycles. The minimum atomic E-state index is 0.885. The van der Waals surface area contributed by atoms with Crippen LogP contribution in [-0.4, -0.2) is 0 Å². The van der Waals surface area contributed by atoms with E-state index in [1.807, 2.05) is 24.3 Å². The number of anilines is 6. The molecule has 2 heterocycles. The average molecular weight is 745 g/mol. The Hall–Kier alpha value is -7.56. The third kappa shape index (κ3) is 4.95. The van der Waals surface area contributed by atoms with Crippen LogP contribution >= 0.6 is 0 Å². The summed E-state index contributed by atoms with van der Waals surface area (Å²) in [6, 6.07) is 65.6. The van der Waals surface area contributed by atoms with Gasteiger partial charge in [0.2, 0.25) is 0 Å².